The second-order valence-electron chi connectivity index (χ2n) is 7.40. The number of carbonyl (C=O) groups excluding carboxylic acids is 2. The first kappa shape index (κ1) is 25.1. The quantitative estimate of drug-likeness (QED) is 0.304. The predicted molar refractivity (Wildman–Crippen MR) is 127 cm³/mol. The Morgan fingerprint density at radius 1 is 0.943 bits per heavy atom. The molecular formula is C24H23F2N5O4. The van der Waals surface area contributed by atoms with Crippen LogP contribution in [0.2, 0.25) is 0 Å². The van der Waals surface area contributed by atoms with Gasteiger partial charge >= 0.3 is 12.0 Å². The molecule has 3 aromatic rings. The van der Waals surface area contributed by atoms with Crippen molar-refractivity contribution < 1.29 is 28.3 Å². The number of aliphatic carboxylic acids is 1. The second-order valence-corrected chi connectivity index (χ2v) is 7.40. The fraction of sp³-hybridized carbons (Fsp3) is 0.167. The van der Waals surface area contributed by atoms with Crippen LogP contribution in [0.15, 0.2) is 54.7 Å². The van der Waals surface area contributed by atoms with E-state index >= 15 is 0 Å². The zero-order valence-electron chi connectivity index (χ0n) is 18.7. The number of carboxylic acid groups (broad SMARTS) is 1. The van der Waals surface area contributed by atoms with Crippen LogP contribution in [0.3, 0.4) is 0 Å². The zero-order chi connectivity index (χ0) is 25.4. The molecule has 2 aromatic carbocycles. The Morgan fingerprint density at radius 2 is 1.66 bits per heavy atom. The molecule has 11 heteroatoms. The number of urea groups is 1. The summed E-state index contributed by atoms with van der Waals surface area (Å²) < 4.78 is 27.0. The lowest BCUT2D eigenvalue weighted by molar-refractivity contribution is -0.136. The van der Waals surface area contributed by atoms with Crippen LogP contribution in [0.25, 0.3) is 0 Å². The highest BCUT2D eigenvalue weighted by Gasteiger charge is 2.16. The average Bonchev–Trinajstić information content (AvgIpc) is 2.81. The van der Waals surface area contributed by atoms with Crippen molar-refractivity contribution >= 4 is 40.8 Å². The fourth-order valence-corrected chi connectivity index (χ4v) is 3.06. The number of nitrogens with zero attached hydrogens (tertiary/aromatic N) is 1. The first-order valence-corrected chi connectivity index (χ1v) is 10.6. The fourth-order valence-electron chi connectivity index (χ4n) is 3.06. The molecule has 0 bridgehead atoms. The van der Waals surface area contributed by atoms with E-state index in [0.717, 1.165) is 17.7 Å². The molecule has 35 heavy (non-hydrogen) atoms. The number of anilines is 4. The van der Waals surface area contributed by atoms with Gasteiger partial charge in [-0.2, -0.15) is 0 Å². The number of rotatable bonds is 9. The van der Waals surface area contributed by atoms with Gasteiger partial charge in [0.1, 0.15) is 5.82 Å². The maximum absolute atomic E-state index is 13.7. The number of hydrogen-bond acceptors (Lipinski definition) is 5. The summed E-state index contributed by atoms with van der Waals surface area (Å²) in [7, 11) is 0. The molecular weight excluding hydrogens is 460 g/mol. The van der Waals surface area contributed by atoms with Crippen molar-refractivity contribution in [3.8, 4) is 0 Å². The van der Waals surface area contributed by atoms with Gasteiger partial charge in [0.15, 0.2) is 11.6 Å². The minimum atomic E-state index is -1.07. The van der Waals surface area contributed by atoms with Crippen LogP contribution >= 0.6 is 0 Å². The minimum absolute atomic E-state index is 0.00690. The number of benzene rings is 2. The topological polar surface area (TPSA) is 132 Å². The Hall–Kier alpha value is -4.54. The lowest BCUT2D eigenvalue weighted by Gasteiger charge is -2.14. The number of amides is 3. The van der Waals surface area contributed by atoms with Gasteiger partial charge in [0.2, 0.25) is 0 Å². The number of halogens is 2. The maximum Gasteiger partial charge on any atom is 0.320 e. The molecule has 0 saturated carbocycles. The van der Waals surface area contributed by atoms with Crippen LogP contribution in [0, 0.1) is 11.6 Å². The van der Waals surface area contributed by atoms with Gasteiger partial charge < -0.3 is 21.1 Å². The van der Waals surface area contributed by atoms with Gasteiger partial charge in [0.25, 0.3) is 5.91 Å². The Labute approximate surface area is 199 Å². The minimum Gasteiger partial charge on any atom is -0.481 e. The molecule has 0 unspecified atom stereocenters. The van der Waals surface area contributed by atoms with Gasteiger partial charge in [0.05, 0.1) is 11.3 Å². The number of aryl methyl sites for hydroxylation is 1. The third-order valence-electron chi connectivity index (χ3n) is 4.77. The highest BCUT2D eigenvalue weighted by Crippen LogP contribution is 2.25. The summed E-state index contributed by atoms with van der Waals surface area (Å²) in [6, 6.07) is 10.7. The summed E-state index contributed by atoms with van der Waals surface area (Å²) in [5.74, 6) is -3.42. The molecule has 1 aromatic heterocycles. The van der Waals surface area contributed by atoms with Crippen LogP contribution in [-0.2, 0) is 11.2 Å². The molecule has 0 saturated heterocycles. The predicted octanol–water partition coefficient (Wildman–Crippen LogP) is 4.51. The molecule has 0 aliphatic heterocycles. The van der Waals surface area contributed by atoms with E-state index in [0.29, 0.717) is 18.7 Å². The number of carbonyl (C=O) groups is 3. The summed E-state index contributed by atoms with van der Waals surface area (Å²) in [5.41, 5.74) is 1.70. The normalized spacial score (nSPS) is 10.4. The van der Waals surface area contributed by atoms with Crippen LogP contribution in [-0.4, -0.2) is 34.5 Å². The van der Waals surface area contributed by atoms with Crippen LogP contribution in [0.5, 0.6) is 0 Å². The lowest BCUT2D eigenvalue weighted by Crippen LogP contribution is -2.28. The Morgan fingerprint density at radius 3 is 2.31 bits per heavy atom. The summed E-state index contributed by atoms with van der Waals surface area (Å²) >= 11 is 0. The van der Waals surface area contributed by atoms with E-state index in [1.54, 1.807) is 31.2 Å². The number of pyridine rings is 1. The van der Waals surface area contributed by atoms with Gasteiger partial charge in [-0.3, -0.25) is 14.9 Å². The smallest absolute Gasteiger partial charge is 0.320 e. The number of nitrogens with one attached hydrogen (secondary N) is 4. The highest BCUT2D eigenvalue weighted by molar-refractivity contribution is 6.08. The first-order valence-electron chi connectivity index (χ1n) is 10.6. The van der Waals surface area contributed by atoms with Crippen molar-refractivity contribution in [3.63, 3.8) is 0 Å². The average molecular weight is 483 g/mol. The number of hydrogen-bond donors (Lipinski definition) is 5. The second kappa shape index (κ2) is 11.5. The van der Waals surface area contributed by atoms with Gasteiger partial charge in [-0.25, -0.2) is 18.6 Å². The summed E-state index contributed by atoms with van der Waals surface area (Å²) in [6.45, 7) is 2.14. The Bertz CT molecular complexity index is 1240. The zero-order valence-corrected chi connectivity index (χ0v) is 18.7. The first-order chi connectivity index (χ1) is 16.7. The molecule has 0 aliphatic rings. The van der Waals surface area contributed by atoms with E-state index in [-0.39, 0.29) is 29.2 Å². The molecule has 3 rings (SSSR count). The SMILES string of the molecule is CCNC(=O)Nc1cc(Nc2ccc(F)c(F)c2)c(C(=O)Nc2ccc(CCC(=O)O)cc2)cn1. The van der Waals surface area contributed by atoms with E-state index in [1.807, 2.05) is 0 Å². The number of carboxylic acids is 1. The largest absolute Gasteiger partial charge is 0.481 e. The molecule has 0 aliphatic carbocycles. The summed E-state index contributed by atoms with van der Waals surface area (Å²) in [5, 5.41) is 19.4. The molecule has 0 fully saturated rings. The molecule has 0 atom stereocenters. The molecule has 0 spiro atoms. The third-order valence-corrected chi connectivity index (χ3v) is 4.77. The van der Waals surface area contributed by atoms with Gasteiger partial charge in [-0.05, 0) is 43.2 Å². The molecule has 182 valence electrons. The van der Waals surface area contributed by atoms with Crippen molar-refractivity contribution in [2.45, 2.75) is 19.8 Å². The molecule has 5 N–H and O–H groups in total. The Balaban J connectivity index is 1.84. The van der Waals surface area contributed by atoms with E-state index in [4.69, 9.17) is 5.11 Å². The summed E-state index contributed by atoms with van der Waals surface area (Å²) in [6.07, 6.45) is 1.59. The van der Waals surface area contributed by atoms with Crippen molar-refractivity contribution in [1.82, 2.24) is 10.3 Å². The molecule has 0 radical (unpaired) electrons. The standard InChI is InChI=1S/C24H23F2N5O4/c1-2-27-24(35)31-21-12-20(29-16-8-9-18(25)19(26)11-16)17(13-28-21)23(34)30-15-6-3-14(4-7-15)5-10-22(32)33/h3-4,6-9,11-13H,2,5,10H2,1H3,(H,30,34)(H,32,33)(H3,27,28,29,31,35). The third kappa shape index (κ3) is 7.22. The lowest BCUT2D eigenvalue weighted by atomic mass is 10.1. The van der Waals surface area contributed by atoms with Crippen LogP contribution < -0.4 is 21.3 Å². The van der Waals surface area contributed by atoms with Gasteiger partial charge in [0, 0.05) is 42.7 Å². The van der Waals surface area contributed by atoms with E-state index in [2.05, 4.69) is 26.3 Å². The molecule has 1 heterocycles. The summed E-state index contributed by atoms with van der Waals surface area (Å²) in [4.78, 5) is 39.6. The van der Waals surface area contributed by atoms with E-state index in [1.165, 1.54) is 18.3 Å². The van der Waals surface area contributed by atoms with Crippen LogP contribution in [0.4, 0.5) is 36.5 Å². The van der Waals surface area contributed by atoms with Crippen molar-refractivity contribution in [2.75, 3.05) is 22.5 Å². The molecule has 3 amide bonds. The van der Waals surface area contributed by atoms with E-state index < -0.39 is 29.5 Å². The van der Waals surface area contributed by atoms with Crippen molar-refractivity contribution in [1.29, 1.82) is 0 Å². The highest BCUT2D eigenvalue weighted by atomic mass is 19.2. The molecule has 9 nitrogen and oxygen atoms in total. The van der Waals surface area contributed by atoms with Gasteiger partial charge in [-0.15, -0.1) is 0 Å². The van der Waals surface area contributed by atoms with Crippen LogP contribution in [0.1, 0.15) is 29.3 Å². The van der Waals surface area contributed by atoms with E-state index in [9.17, 15) is 23.2 Å². The number of aromatic nitrogens is 1. The monoisotopic (exact) mass is 483 g/mol. The Kier molecular flexibility index (Phi) is 8.28. The van der Waals surface area contributed by atoms with Crippen molar-refractivity contribution in [3.05, 3.63) is 77.5 Å². The van der Waals surface area contributed by atoms with Crippen molar-refractivity contribution in [2.24, 2.45) is 0 Å². The maximum atomic E-state index is 13.7. The van der Waals surface area contributed by atoms with Gasteiger partial charge in [-0.1, -0.05) is 12.1 Å².